The molecule has 0 spiro atoms. The summed E-state index contributed by atoms with van der Waals surface area (Å²) in [7, 11) is 0. The van der Waals surface area contributed by atoms with Gasteiger partial charge in [0, 0.05) is 12.3 Å². The van der Waals surface area contributed by atoms with E-state index in [2.05, 4.69) is 18.6 Å². The second-order valence-corrected chi connectivity index (χ2v) is 5.66. The zero-order chi connectivity index (χ0) is 11.9. The molecule has 16 heavy (non-hydrogen) atoms. The van der Waals surface area contributed by atoms with Crippen LogP contribution in [-0.4, -0.2) is 12.3 Å². The van der Waals surface area contributed by atoms with E-state index in [0.717, 1.165) is 0 Å². The highest BCUT2D eigenvalue weighted by Gasteiger charge is 1.92. The summed E-state index contributed by atoms with van der Waals surface area (Å²) < 4.78 is 3.38. The van der Waals surface area contributed by atoms with Gasteiger partial charge in [-0.3, -0.25) is 4.72 Å². The molecule has 2 heteroatoms. The first-order valence-electron chi connectivity index (χ1n) is 7.26. The summed E-state index contributed by atoms with van der Waals surface area (Å²) in [6.07, 6.45) is 14.3. The van der Waals surface area contributed by atoms with Crippen LogP contribution in [0.5, 0.6) is 0 Å². The van der Waals surface area contributed by atoms with E-state index in [9.17, 15) is 0 Å². The summed E-state index contributed by atoms with van der Waals surface area (Å²) in [5.74, 6) is 1.18. The third-order valence-corrected chi connectivity index (χ3v) is 3.58. The Balaban J connectivity index is 2.83. The first-order valence-corrected chi connectivity index (χ1v) is 8.25. The summed E-state index contributed by atoms with van der Waals surface area (Å²) in [5, 5.41) is 0. The fourth-order valence-electron chi connectivity index (χ4n) is 1.86. The van der Waals surface area contributed by atoms with Crippen LogP contribution in [0.1, 0.15) is 78.1 Å². The van der Waals surface area contributed by atoms with Gasteiger partial charge in [0.2, 0.25) is 0 Å². The fourth-order valence-corrected chi connectivity index (χ4v) is 2.35. The van der Waals surface area contributed by atoms with Crippen LogP contribution in [0, 0.1) is 0 Å². The number of rotatable bonds is 13. The molecular weight excluding hydrogens is 214 g/mol. The Hall–Kier alpha value is 0.310. The molecule has 0 aliphatic carbocycles. The highest BCUT2D eigenvalue weighted by Crippen LogP contribution is 2.10. The van der Waals surface area contributed by atoms with Crippen molar-refractivity contribution >= 4 is 11.9 Å². The van der Waals surface area contributed by atoms with Crippen LogP contribution in [0.2, 0.25) is 0 Å². The lowest BCUT2D eigenvalue weighted by Gasteiger charge is -2.03. The van der Waals surface area contributed by atoms with Crippen molar-refractivity contribution in [2.45, 2.75) is 78.1 Å². The minimum absolute atomic E-state index is 1.18. The molecular formula is C14H31NS. The van der Waals surface area contributed by atoms with E-state index in [0.29, 0.717) is 0 Å². The zero-order valence-corrected chi connectivity index (χ0v) is 12.2. The Kier molecular flexibility index (Phi) is 15.6. The van der Waals surface area contributed by atoms with E-state index in [1.165, 1.54) is 76.5 Å². The average Bonchev–Trinajstić information content (AvgIpc) is 2.31. The Morgan fingerprint density at radius 2 is 1.19 bits per heavy atom. The molecule has 0 atom stereocenters. The van der Waals surface area contributed by atoms with Gasteiger partial charge in [-0.1, -0.05) is 83.6 Å². The summed E-state index contributed by atoms with van der Waals surface area (Å²) >= 11 is 1.84. The van der Waals surface area contributed by atoms with Crippen molar-refractivity contribution in [3.63, 3.8) is 0 Å². The van der Waals surface area contributed by atoms with Gasteiger partial charge in [0.15, 0.2) is 0 Å². The predicted molar refractivity (Wildman–Crippen MR) is 78.0 cm³/mol. The second-order valence-electron chi connectivity index (χ2n) is 4.51. The molecule has 0 aliphatic rings. The number of nitrogens with one attached hydrogen (secondary N) is 1. The van der Waals surface area contributed by atoms with E-state index in [-0.39, 0.29) is 0 Å². The molecule has 0 unspecified atom stereocenters. The summed E-state index contributed by atoms with van der Waals surface area (Å²) in [4.78, 5) is 0. The number of hydrogen-bond donors (Lipinski definition) is 1. The SMILES string of the molecule is CCCCCCCCCCCCNSCC. The molecule has 1 nitrogen and oxygen atoms in total. The quantitative estimate of drug-likeness (QED) is 0.355. The van der Waals surface area contributed by atoms with E-state index in [1.807, 2.05) is 11.9 Å². The molecule has 0 amide bonds. The van der Waals surface area contributed by atoms with E-state index in [4.69, 9.17) is 0 Å². The largest absolute Gasteiger partial charge is 0.264 e. The van der Waals surface area contributed by atoms with Gasteiger partial charge in [0.1, 0.15) is 0 Å². The van der Waals surface area contributed by atoms with Crippen molar-refractivity contribution in [2.75, 3.05) is 12.3 Å². The maximum Gasteiger partial charge on any atom is 0.00585 e. The number of hydrogen-bond acceptors (Lipinski definition) is 2. The van der Waals surface area contributed by atoms with Crippen LogP contribution in [0.4, 0.5) is 0 Å². The number of unbranched alkanes of at least 4 members (excludes halogenated alkanes) is 9. The van der Waals surface area contributed by atoms with Gasteiger partial charge < -0.3 is 0 Å². The Morgan fingerprint density at radius 3 is 1.69 bits per heavy atom. The molecule has 0 saturated carbocycles. The van der Waals surface area contributed by atoms with Crippen molar-refractivity contribution in [2.24, 2.45) is 0 Å². The molecule has 0 fully saturated rings. The Morgan fingerprint density at radius 1 is 0.688 bits per heavy atom. The van der Waals surface area contributed by atoms with Gasteiger partial charge in [-0.2, -0.15) is 0 Å². The van der Waals surface area contributed by atoms with E-state index >= 15 is 0 Å². The Bertz CT molecular complexity index is 103. The van der Waals surface area contributed by atoms with E-state index in [1.54, 1.807) is 0 Å². The van der Waals surface area contributed by atoms with E-state index < -0.39 is 0 Å². The van der Waals surface area contributed by atoms with Crippen LogP contribution in [0.3, 0.4) is 0 Å². The minimum atomic E-state index is 1.18. The average molecular weight is 245 g/mol. The first kappa shape index (κ1) is 16.3. The monoisotopic (exact) mass is 245 g/mol. The van der Waals surface area contributed by atoms with Crippen LogP contribution < -0.4 is 4.72 Å². The van der Waals surface area contributed by atoms with Crippen molar-refractivity contribution < 1.29 is 0 Å². The van der Waals surface area contributed by atoms with Gasteiger partial charge in [-0.05, 0) is 6.42 Å². The van der Waals surface area contributed by atoms with Crippen molar-refractivity contribution in [1.29, 1.82) is 0 Å². The molecule has 0 rings (SSSR count). The normalized spacial score (nSPS) is 10.9. The smallest absolute Gasteiger partial charge is 0.00585 e. The molecule has 1 N–H and O–H groups in total. The maximum absolute atomic E-state index is 3.38. The lowest BCUT2D eigenvalue weighted by Crippen LogP contribution is -2.05. The van der Waals surface area contributed by atoms with Gasteiger partial charge in [0.05, 0.1) is 0 Å². The fraction of sp³-hybridized carbons (Fsp3) is 1.00. The molecule has 98 valence electrons. The zero-order valence-electron chi connectivity index (χ0n) is 11.4. The molecule has 0 aromatic carbocycles. The highest BCUT2D eigenvalue weighted by atomic mass is 32.2. The van der Waals surface area contributed by atoms with Crippen LogP contribution in [0.15, 0.2) is 0 Å². The summed E-state index contributed by atoms with van der Waals surface area (Å²) in [6, 6.07) is 0. The van der Waals surface area contributed by atoms with Gasteiger partial charge in [-0.25, -0.2) is 0 Å². The van der Waals surface area contributed by atoms with Crippen LogP contribution in [0.25, 0.3) is 0 Å². The summed E-state index contributed by atoms with van der Waals surface area (Å²) in [5.41, 5.74) is 0. The molecule has 0 aromatic heterocycles. The third-order valence-electron chi connectivity index (χ3n) is 2.88. The molecule has 0 bridgehead atoms. The molecule has 0 heterocycles. The lowest BCUT2D eigenvalue weighted by molar-refractivity contribution is 0.556. The van der Waals surface area contributed by atoms with Gasteiger partial charge >= 0.3 is 0 Å². The van der Waals surface area contributed by atoms with Crippen LogP contribution in [-0.2, 0) is 0 Å². The van der Waals surface area contributed by atoms with Gasteiger partial charge in [-0.15, -0.1) is 0 Å². The standard InChI is InChI=1S/C14H31NS/c1-3-5-6-7-8-9-10-11-12-13-14-15-16-4-2/h15H,3-14H2,1-2H3. The molecule has 0 radical (unpaired) electrons. The van der Waals surface area contributed by atoms with Crippen molar-refractivity contribution in [3.8, 4) is 0 Å². The molecule has 0 aromatic rings. The first-order chi connectivity index (χ1) is 7.91. The predicted octanol–water partition coefficient (Wildman–Crippen LogP) is 5.17. The minimum Gasteiger partial charge on any atom is -0.264 e. The van der Waals surface area contributed by atoms with Crippen molar-refractivity contribution in [3.05, 3.63) is 0 Å². The van der Waals surface area contributed by atoms with Gasteiger partial charge in [0.25, 0.3) is 0 Å². The molecule has 0 saturated heterocycles. The second kappa shape index (κ2) is 15.3. The lowest BCUT2D eigenvalue weighted by atomic mass is 10.1. The maximum atomic E-state index is 3.38. The summed E-state index contributed by atoms with van der Waals surface area (Å²) in [6.45, 7) is 5.66. The third kappa shape index (κ3) is 14.3. The Labute approximate surface area is 107 Å². The van der Waals surface area contributed by atoms with Crippen molar-refractivity contribution in [1.82, 2.24) is 4.72 Å². The van der Waals surface area contributed by atoms with Crippen LogP contribution >= 0.6 is 11.9 Å². The highest BCUT2D eigenvalue weighted by molar-refractivity contribution is 7.97. The topological polar surface area (TPSA) is 12.0 Å². The molecule has 0 aliphatic heterocycles.